The fourth-order valence-corrected chi connectivity index (χ4v) is 2.23. The second-order valence-electron chi connectivity index (χ2n) is 4.46. The van der Waals surface area contributed by atoms with Crippen molar-refractivity contribution in [2.24, 2.45) is 0 Å². The lowest BCUT2D eigenvalue weighted by Crippen LogP contribution is -2.29. The average Bonchev–Trinajstić information content (AvgIpc) is 2.99. The number of hydrogen-bond donors (Lipinski definition) is 2. The molecule has 6 heteroatoms. The van der Waals surface area contributed by atoms with Gasteiger partial charge in [0.25, 0.3) is 0 Å². The first-order chi connectivity index (χ1) is 9.79. The normalized spacial score (nSPS) is 10.2. The van der Waals surface area contributed by atoms with Gasteiger partial charge in [-0.25, -0.2) is 4.79 Å². The Morgan fingerprint density at radius 3 is 2.70 bits per heavy atom. The lowest BCUT2D eigenvalue weighted by molar-refractivity contribution is 0.252. The number of hydrogen-bond acceptors (Lipinski definition) is 4. The van der Waals surface area contributed by atoms with Gasteiger partial charge in [0.2, 0.25) is 0 Å². The summed E-state index contributed by atoms with van der Waals surface area (Å²) < 4.78 is 3.83. The number of carbonyl (C=O) groups is 1. The number of amides is 2. The van der Waals surface area contributed by atoms with Crippen molar-refractivity contribution in [2.45, 2.75) is 26.2 Å². The van der Waals surface area contributed by atoms with Gasteiger partial charge in [-0.15, -0.1) is 5.10 Å². The van der Waals surface area contributed by atoms with E-state index in [0.29, 0.717) is 6.54 Å². The Labute approximate surface area is 122 Å². The van der Waals surface area contributed by atoms with E-state index in [-0.39, 0.29) is 6.03 Å². The molecule has 0 atom stereocenters. The Balaban J connectivity index is 1.83. The van der Waals surface area contributed by atoms with E-state index in [1.807, 2.05) is 29.6 Å². The molecule has 1 aromatic heterocycles. The summed E-state index contributed by atoms with van der Waals surface area (Å²) in [5, 5.41) is 11.5. The van der Waals surface area contributed by atoms with Gasteiger partial charge in [-0.3, -0.25) is 0 Å². The van der Waals surface area contributed by atoms with Crippen molar-refractivity contribution in [3.63, 3.8) is 0 Å². The molecule has 0 unspecified atom stereocenters. The second kappa shape index (κ2) is 7.59. The van der Waals surface area contributed by atoms with Gasteiger partial charge in [-0.2, -0.15) is 0 Å². The van der Waals surface area contributed by atoms with Crippen molar-refractivity contribution >= 4 is 23.3 Å². The smallest absolute Gasteiger partial charge is 0.319 e. The highest BCUT2D eigenvalue weighted by Crippen LogP contribution is 2.19. The van der Waals surface area contributed by atoms with E-state index in [1.165, 1.54) is 11.5 Å². The first-order valence-corrected chi connectivity index (χ1v) is 7.55. The van der Waals surface area contributed by atoms with Crippen LogP contribution in [-0.4, -0.2) is 22.2 Å². The van der Waals surface area contributed by atoms with Crippen molar-refractivity contribution < 1.29 is 4.79 Å². The van der Waals surface area contributed by atoms with E-state index in [0.717, 1.165) is 36.2 Å². The molecular formula is C14H18N4OS. The van der Waals surface area contributed by atoms with E-state index in [1.54, 1.807) is 0 Å². The maximum atomic E-state index is 11.6. The predicted molar refractivity (Wildman–Crippen MR) is 81.9 cm³/mol. The molecule has 2 N–H and O–H groups in total. The fourth-order valence-electron chi connectivity index (χ4n) is 1.77. The van der Waals surface area contributed by atoms with Crippen molar-refractivity contribution in [1.29, 1.82) is 0 Å². The summed E-state index contributed by atoms with van der Waals surface area (Å²) in [6.45, 7) is 2.85. The molecule has 0 saturated carbocycles. The first kappa shape index (κ1) is 14.5. The quantitative estimate of drug-likeness (QED) is 0.800. The molecule has 0 radical (unpaired) electrons. The van der Waals surface area contributed by atoms with E-state index in [9.17, 15) is 4.79 Å². The molecule has 5 nitrogen and oxygen atoms in total. The van der Waals surface area contributed by atoms with Crippen molar-refractivity contribution in [1.82, 2.24) is 14.9 Å². The SMILES string of the molecule is CCCCCNC(=O)Nc1ccc(-c2csnn2)cc1. The van der Waals surface area contributed by atoms with E-state index in [4.69, 9.17) is 0 Å². The monoisotopic (exact) mass is 290 g/mol. The van der Waals surface area contributed by atoms with Crippen LogP contribution < -0.4 is 10.6 Å². The molecule has 106 valence electrons. The molecule has 0 spiro atoms. The summed E-state index contributed by atoms with van der Waals surface area (Å²) in [7, 11) is 0. The number of carbonyl (C=O) groups excluding carboxylic acids is 1. The third-order valence-corrected chi connectivity index (χ3v) is 3.37. The van der Waals surface area contributed by atoms with Crippen LogP contribution in [0, 0.1) is 0 Å². The van der Waals surface area contributed by atoms with Crippen LogP contribution >= 0.6 is 11.5 Å². The molecule has 1 heterocycles. The van der Waals surface area contributed by atoms with E-state index < -0.39 is 0 Å². The lowest BCUT2D eigenvalue weighted by Gasteiger charge is -2.07. The number of nitrogens with zero attached hydrogens (tertiary/aromatic N) is 2. The van der Waals surface area contributed by atoms with Crippen LogP contribution in [-0.2, 0) is 0 Å². The minimum atomic E-state index is -0.163. The van der Waals surface area contributed by atoms with Crippen LogP contribution in [0.5, 0.6) is 0 Å². The Morgan fingerprint density at radius 2 is 2.05 bits per heavy atom. The number of rotatable bonds is 6. The van der Waals surface area contributed by atoms with Crippen molar-refractivity contribution in [3.8, 4) is 11.3 Å². The van der Waals surface area contributed by atoms with Gasteiger partial charge in [0.05, 0.1) is 0 Å². The summed E-state index contributed by atoms with van der Waals surface area (Å²) in [6, 6.07) is 7.40. The zero-order valence-electron chi connectivity index (χ0n) is 11.4. The van der Waals surface area contributed by atoms with Gasteiger partial charge >= 0.3 is 6.03 Å². The fraction of sp³-hybridized carbons (Fsp3) is 0.357. The van der Waals surface area contributed by atoms with Crippen LogP contribution in [0.3, 0.4) is 0 Å². The van der Waals surface area contributed by atoms with Gasteiger partial charge in [-0.05, 0) is 30.1 Å². The number of unbranched alkanes of at least 4 members (excludes halogenated alkanes) is 2. The zero-order valence-corrected chi connectivity index (χ0v) is 12.2. The number of benzene rings is 1. The first-order valence-electron chi connectivity index (χ1n) is 6.72. The Morgan fingerprint density at radius 1 is 1.25 bits per heavy atom. The van der Waals surface area contributed by atoms with Crippen LogP contribution in [0.4, 0.5) is 10.5 Å². The van der Waals surface area contributed by atoms with E-state index in [2.05, 4.69) is 27.1 Å². The zero-order chi connectivity index (χ0) is 14.2. The summed E-state index contributed by atoms with van der Waals surface area (Å²) in [5.74, 6) is 0. The standard InChI is InChI=1S/C14H18N4OS/c1-2-3-4-9-15-14(19)16-12-7-5-11(6-8-12)13-10-20-18-17-13/h5-8,10H,2-4,9H2,1H3,(H2,15,16,19). The molecule has 2 aromatic rings. The van der Waals surface area contributed by atoms with E-state index >= 15 is 0 Å². The summed E-state index contributed by atoms with van der Waals surface area (Å²) in [6.07, 6.45) is 3.30. The molecule has 20 heavy (non-hydrogen) atoms. The molecular weight excluding hydrogens is 272 g/mol. The molecule has 0 aliphatic rings. The van der Waals surface area contributed by atoms with Crippen LogP contribution in [0.25, 0.3) is 11.3 Å². The van der Waals surface area contributed by atoms with Gasteiger partial charge in [-0.1, -0.05) is 36.4 Å². The minimum absolute atomic E-state index is 0.163. The van der Waals surface area contributed by atoms with Crippen molar-refractivity contribution in [3.05, 3.63) is 29.6 Å². The molecule has 1 aromatic carbocycles. The maximum Gasteiger partial charge on any atom is 0.319 e. The second-order valence-corrected chi connectivity index (χ2v) is 5.07. The average molecular weight is 290 g/mol. The highest BCUT2D eigenvalue weighted by Gasteiger charge is 2.03. The summed E-state index contributed by atoms with van der Waals surface area (Å²) in [4.78, 5) is 11.6. The topological polar surface area (TPSA) is 66.9 Å². The molecule has 0 bridgehead atoms. The minimum Gasteiger partial charge on any atom is -0.338 e. The van der Waals surface area contributed by atoms with Gasteiger partial charge in [0.1, 0.15) is 5.69 Å². The van der Waals surface area contributed by atoms with Gasteiger partial charge in [0, 0.05) is 23.2 Å². The third-order valence-electron chi connectivity index (χ3n) is 2.86. The van der Waals surface area contributed by atoms with Crippen LogP contribution in [0.15, 0.2) is 29.6 Å². The molecule has 2 amide bonds. The number of urea groups is 1. The van der Waals surface area contributed by atoms with Crippen LogP contribution in [0.1, 0.15) is 26.2 Å². The molecule has 0 aliphatic carbocycles. The maximum absolute atomic E-state index is 11.6. The number of nitrogens with one attached hydrogen (secondary N) is 2. The van der Waals surface area contributed by atoms with Gasteiger partial charge < -0.3 is 10.6 Å². The van der Waals surface area contributed by atoms with Gasteiger partial charge in [0.15, 0.2) is 0 Å². The van der Waals surface area contributed by atoms with Crippen LogP contribution in [0.2, 0.25) is 0 Å². The summed E-state index contributed by atoms with van der Waals surface area (Å²) in [5.41, 5.74) is 2.61. The predicted octanol–water partition coefficient (Wildman–Crippen LogP) is 3.52. The highest BCUT2D eigenvalue weighted by molar-refractivity contribution is 7.03. The molecule has 0 fully saturated rings. The molecule has 2 rings (SSSR count). The van der Waals surface area contributed by atoms with Crippen molar-refractivity contribution in [2.75, 3.05) is 11.9 Å². The number of anilines is 1. The largest absolute Gasteiger partial charge is 0.338 e. The Kier molecular flexibility index (Phi) is 5.49. The molecule has 0 saturated heterocycles. The highest BCUT2D eigenvalue weighted by atomic mass is 32.1. The Hall–Kier alpha value is -1.95. The summed E-state index contributed by atoms with van der Waals surface area (Å²) >= 11 is 1.32. The Bertz CT molecular complexity index is 525. The lowest BCUT2D eigenvalue weighted by atomic mass is 10.1. The third kappa shape index (κ3) is 4.31. The molecule has 0 aliphatic heterocycles. The number of aromatic nitrogens is 2.